The molecule has 0 spiro atoms. The third kappa shape index (κ3) is 118. The summed E-state index contributed by atoms with van der Waals surface area (Å²) in [6.45, 7) is 32.6. The van der Waals surface area contributed by atoms with Gasteiger partial charge in [-0.1, -0.05) is 117 Å². The van der Waals surface area contributed by atoms with Gasteiger partial charge in [0.05, 0.1) is 65.3 Å². The van der Waals surface area contributed by atoms with Gasteiger partial charge >= 0.3 is 60.8 Å². The van der Waals surface area contributed by atoms with Crippen molar-refractivity contribution in [2.45, 2.75) is 251 Å². The summed E-state index contributed by atoms with van der Waals surface area (Å²) in [4.78, 5) is 80.9. The van der Waals surface area contributed by atoms with E-state index < -0.39 is 127 Å². The first-order valence-electron chi connectivity index (χ1n) is 38.7. The number of hydrogen-bond donors (Lipinski definition) is 12. The second-order valence-corrected chi connectivity index (χ2v) is 112. The van der Waals surface area contributed by atoms with Crippen LogP contribution < -0.4 is 21.3 Å². The van der Waals surface area contributed by atoms with E-state index in [9.17, 15) is 23.7 Å². The first-order chi connectivity index (χ1) is 56.6. The fourth-order valence-corrected chi connectivity index (χ4v) is 32.3. The molecule has 0 amide bonds. The number of hydrogen-bond acceptors (Lipinski definition) is 23. The van der Waals surface area contributed by atoms with Crippen LogP contribution >= 0.6 is 196 Å². The summed E-state index contributed by atoms with van der Waals surface area (Å²) in [6, 6.07) is 40.2. The number of nitrogens with two attached hydrogens (primary N) is 1. The van der Waals surface area contributed by atoms with E-state index in [1.165, 1.54) is 0 Å². The first kappa shape index (κ1) is 146. The van der Waals surface area contributed by atoms with Gasteiger partial charge in [0, 0.05) is 52.3 Å². The lowest BCUT2D eigenvalue weighted by Gasteiger charge is -2.38. The van der Waals surface area contributed by atoms with Gasteiger partial charge in [-0.2, -0.15) is 53.7 Å². The predicted molar refractivity (Wildman–Crippen MR) is 561 cm³/mol. The van der Waals surface area contributed by atoms with Crippen molar-refractivity contribution in [2.75, 3.05) is 45.4 Å². The summed E-state index contributed by atoms with van der Waals surface area (Å²) < 4.78 is 43.0. The molecule has 3 rings (SSSR count). The van der Waals surface area contributed by atoms with Crippen LogP contribution in [0, 0.1) is 68.0 Å². The van der Waals surface area contributed by atoms with Crippen molar-refractivity contribution >= 4 is 308 Å². The molecule has 732 valence electrons. The summed E-state index contributed by atoms with van der Waals surface area (Å²) in [6.07, 6.45) is 3.01. The number of nitriles is 6. The van der Waals surface area contributed by atoms with E-state index in [-0.39, 0.29) is 25.3 Å². The third-order valence-electron chi connectivity index (χ3n) is 12.7. The summed E-state index contributed by atoms with van der Waals surface area (Å²) in [5.74, 6) is -1.24. The number of aliphatic hydroxyl groups is 2. The number of nitrogens with zero attached hydrogens (tertiary/aromatic N) is 6. The van der Waals surface area contributed by atoms with Crippen LogP contribution in [0.1, 0.15) is 122 Å². The summed E-state index contributed by atoms with van der Waals surface area (Å²) >= 11 is 94.7. The van der Waals surface area contributed by atoms with Crippen molar-refractivity contribution in [3.63, 3.8) is 0 Å². The van der Waals surface area contributed by atoms with Crippen molar-refractivity contribution in [1.82, 2.24) is 0 Å². The predicted octanol–water partition coefficient (Wildman–Crippen LogP) is 20.4. The normalized spacial score (nSPS) is 12.1. The van der Waals surface area contributed by atoms with Gasteiger partial charge in [-0.3, -0.25) is 4.57 Å². The van der Waals surface area contributed by atoms with Gasteiger partial charge in [0.25, 0.3) is 15.0 Å². The first-order valence-corrected chi connectivity index (χ1v) is 88.8. The summed E-state index contributed by atoms with van der Waals surface area (Å²) in [7, 11) is -24.0. The molecule has 0 aliphatic heterocycles. The van der Waals surface area contributed by atoms with Crippen LogP contribution in [0.15, 0.2) is 91.0 Å². The van der Waals surface area contributed by atoms with Gasteiger partial charge in [-0.15, -0.1) is 166 Å². The van der Waals surface area contributed by atoms with Gasteiger partial charge in [-0.25, -0.2) is 0 Å². The summed E-state index contributed by atoms with van der Waals surface area (Å²) in [5, 5.41) is 68.6. The minimum Gasteiger partial charge on any atom is -0.421 e. The zero-order valence-electron chi connectivity index (χ0n) is 75.0. The molecule has 0 heterocycles. The molecular weight excluding hydrogens is 2230 g/mol. The molecule has 0 saturated heterocycles. The third-order valence-corrected chi connectivity index (χ3v) is 44.7. The second kappa shape index (κ2) is 74.8. The van der Waals surface area contributed by atoms with Gasteiger partial charge < -0.3 is 85.9 Å². The maximum absolute atomic E-state index is 11.6. The Labute approximate surface area is 844 Å². The highest BCUT2D eigenvalue weighted by atomic mass is 35.9. The Kier molecular flexibility index (Phi) is 86.5. The molecule has 0 aliphatic carbocycles. The van der Waals surface area contributed by atoms with Gasteiger partial charge in [-0.05, 0) is 192 Å². The lowest BCUT2D eigenvalue weighted by Crippen LogP contribution is -2.67. The Morgan fingerprint density at radius 2 is 0.659 bits per heavy atom. The maximum Gasteiger partial charge on any atom is 0.678 e. The molecule has 13 N–H and O–H groups in total. The fraction of sp³-hybridized carbons (Fsp3) is 0.657. The molecule has 3 aromatic carbocycles. The number of rotatable bonds is 35. The lowest BCUT2D eigenvalue weighted by molar-refractivity contribution is -0.119. The van der Waals surface area contributed by atoms with Crippen molar-refractivity contribution in [1.29, 1.82) is 31.6 Å². The monoisotopic (exact) mass is 2350 g/mol. The lowest BCUT2D eigenvalue weighted by atomic mass is 10.2. The molecule has 126 heavy (non-hydrogen) atoms. The number of aliphatic hydroxyl groups excluding tert-OH is 2. The van der Waals surface area contributed by atoms with Crippen molar-refractivity contribution in [3.8, 4) is 36.4 Å². The Morgan fingerprint density at radius 3 is 0.794 bits per heavy atom. The molecule has 25 nitrogen and oxygen atoms in total. The van der Waals surface area contributed by atoms with Crippen LogP contribution in [-0.2, 0) is 31.1 Å². The average Bonchev–Trinajstić information content (AvgIpc) is 0.770. The molecule has 3 aromatic rings. The van der Waals surface area contributed by atoms with E-state index in [4.69, 9.17) is 287 Å². The van der Waals surface area contributed by atoms with E-state index in [1.54, 1.807) is 12.6 Å². The second-order valence-electron chi connectivity index (χ2n) is 31.1. The highest BCUT2D eigenvalue weighted by molar-refractivity contribution is 7.65. The summed E-state index contributed by atoms with van der Waals surface area (Å²) in [5.41, 5.74) is 3.63. The van der Waals surface area contributed by atoms with E-state index >= 15 is 0 Å². The quantitative estimate of drug-likeness (QED) is 0.0113. The zero-order valence-corrected chi connectivity index (χ0v) is 102. The van der Waals surface area contributed by atoms with Crippen LogP contribution in [0.5, 0.6) is 0 Å². The molecule has 0 radical (unpaired) electrons. The van der Waals surface area contributed by atoms with E-state index in [0.717, 1.165) is 34.1 Å². The highest BCUT2D eigenvalue weighted by Gasteiger charge is 2.51. The molecule has 0 saturated carbocycles. The SMILES string of the molecule is CC(C)(C)O[Si](O)(OC(C)(C)C)OC(C)(C)C.CCO[Si](CC#N)(OCC)OCC.C[Si](C)(Cl)CC[Si](C)(C)Cl.C[Si](Cl)(Cl)CC#N.C[Si](Cl)(Cl)CCC#N.C[Si](Cl)(Cl)CCC#N.N#CCC[Si](Cl)(Cl)Cl.N#CC[Si](Cl)(Cl)Cl.NCCC[Si](Cl)(Cl)Cl.O=P(O)(O)C[Si](O)(O)O.OCCC[Si](O)(O)CCCO.O[Si](c1ccccc1)(c1ccccc1)c1ccccc1. The molecule has 0 aromatic heterocycles. The standard InChI is InChI=1S/C18H16OSi.C12H28O4Si.C8H17NO3Si.C6H16Cl2Si2.C6H16O4Si.2C4H7Cl2NSi.C3H8Cl3NSi.C3H4Cl3NSi.C3H5Cl2NSi.C2H2Cl3NSi.CH7O6PSi/c19-20(16-10-4-1-5-11-16,17-12-6-2-7-13-17)18-14-8-3-9-15-18;1-10(2,3)14-17(13,15-11(4,5)6)16-12(7,8)9;1-4-10-13(8-7-9,11-5-2)12-6-3;1-9(2,7)5-6-10(3,4)8;7-3-1-5-11(9,10)6-2-4-8;2*1-8(5,6)4-2-3-7;2*4-8(5,6)3-1-2-7;1-7(4,5)3-2-6;3-7(4,5)2-1-6;2-8(3,4)1-9(5,6)7/h1-15,19H;13H,1-9H3;4-6,8H2,1-3H3;5-6H2,1-4H3;7-10H,1-6H2;2*2,4H2,1H3;1-3,7H2;1,3H2;3H2,1H3;2H2;5-7H,1H2,(H2,2,3,4). The zero-order chi connectivity index (χ0) is 101. The van der Waals surface area contributed by atoms with E-state index in [1.807, 2.05) is 218 Å². The number of halogens is 17. The number of benzene rings is 3. The molecule has 0 atom stereocenters. The van der Waals surface area contributed by atoms with E-state index in [2.05, 4.69) is 26.2 Å². The Balaban J connectivity index is -0.000000172. The van der Waals surface area contributed by atoms with Crippen LogP contribution in [0.4, 0.5) is 0 Å². The van der Waals surface area contributed by atoms with Crippen LogP contribution in [0.3, 0.4) is 0 Å². The molecule has 56 heteroatoms. The van der Waals surface area contributed by atoms with Gasteiger partial charge in [0.1, 0.15) is 26.6 Å². The fourth-order valence-electron chi connectivity index (χ4n) is 7.80. The molecule has 0 aliphatic rings. The minimum atomic E-state index is -4.56. The Morgan fingerprint density at radius 1 is 0.381 bits per heavy atom. The van der Waals surface area contributed by atoms with E-state index in [0.29, 0.717) is 101 Å². The Bertz CT molecular complexity index is 3260. The van der Waals surface area contributed by atoms with Gasteiger partial charge in [0.15, 0.2) is 0 Å². The molecule has 0 fully saturated rings. The van der Waals surface area contributed by atoms with Crippen molar-refractivity contribution < 1.29 is 84.7 Å². The molecule has 0 unspecified atom stereocenters. The smallest absolute Gasteiger partial charge is 0.421 e. The Hall–Kier alpha value is 1.86. The average molecular weight is 2360 g/mol. The molecular formula is C70H133Cl17N7O18PSi13. The van der Waals surface area contributed by atoms with Crippen LogP contribution in [0.2, 0.25) is 112 Å². The largest absolute Gasteiger partial charge is 0.678 e. The molecule has 0 bridgehead atoms. The minimum absolute atomic E-state index is 0.00497. The van der Waals surface area contributed by atoms with Gasteiger partial charge in [0.2, 0.25) is 13.4 Å². The van der Waals surface area contributed by atoms with Crippen LogP contribution in [0.25, 0.3) is 0 Å². The van der Waals surface area contributed by atoms with Crippen molar-refractivity contribution in [3.05, 3.63) is 91.0 Å². The van der Waals surface area contributed by atoms with Crippen molar-refractivity contribution in [2.24, 2.45) is 5.73 Å². The highest BCUT2D eigenvalue weighted by Crippen LogP contribution is 2.36. The topological polar surface area (TPSA) is 464 Å². The van der Waals surface area contributed by atoms with Crippen LogP contribution in [-0.4, -0.2) is 212 Å². The maximum atomic E-state index is 11.6.